The van der Waals surface area contributed by atoms with Gasteiger partial charge in [0.2, 0.25) is 5.91 Å². The van der Waals surface area contributed by atoms with E-state index >= 15 is 0 Å². The Hall–Kier alpha value is -3.32. The zero-order chi connectivity index (χ0) is 24.6. The third-order valence-electron chi connectivity index (χ3n) is 5.30. The Morgan fingerprint density at radius 3 is 2.12 bits per heavy atom. The number of carbonyl (C=O) groups excluding carboxylic acids is 1. The summed E-state index contributed by atoms with van der Waals surface area (Å²) in [5.41, 5.74) is 1.31. The summed E-state index contributed by atoms with van der Waals surface area (Å²) in [7, 11) is -4.02. The minimum absolute atomic E-state index is 0.107. The molecule has 3 aromatic carbocycles. The van der Waals surface area contributed by atoms with E-state index in [-0.39, 0.29) is 23.4 Å². The molecule has 0 spiro atoms. The summed E-state index contributed by atoms with van der Waals surface area (Å²) in [6.45, 7) is 6.00. The maximum Gasteiger partial charge on any atom is 0.264 e. The molecular weight excluding hydrogens is 448 g/mol. The van der Waals surface area contributed by atoms with Crippen LogP contribution in [0.3, 0.4) is 0 Å². The molecule has 1 amide bonds. The zero-order valence-corrected chi connectivity index (χ0v) is 20.7. The molecule has 0 bridgehead atoms. The fourth-order valence-corrected chi connectivity index (χ4v) is 5.22. The molecule has 1 atom stereocenters. The van der Waals surface area contributed by atoms with Gasteiger partial charge in [-0.15, -0.1) is 0 Å². The highest BCUT2D eigenvalue weighted by Gasteiger charge is 2.30. The maximum atomic E-state index is 13.6. The zero-order valence-electron chi connectivity index (χ0n) is 19.8. The molecule has 0 saturated carbocycles. The first-order valence-electron chi connectivity index (χ1n) is 11.5. The summed E-state index contributed by atoms with van der Waals surface area (Å²) in [4.78, 5) is 13.4. The van der Waals surface area contributed by atoms with Crippen LogP contribution in [0.1, 0.15) is 38.8 Å². The summed E-state index contributed by atoms with van der Waals surface area (Å²) in [5.74, 6) is 0.354. The Kier molecular flexibility index (Phi) is 8.71. The highest BCUT2D eigenvalue weighted by atomic mass is 32.2. The monoisotopic (exact) mass is 480 g/mol. The van der Waals surface area contributed by atoms with Gasteiger partial charge in [0.1, 0.15) is 12.3 Å². The number of sulfonamides is 1. The largest absolute Gasteiger partial charge is 0.492 e. The van der Waals surface area contributed by atoms with Gasteiger partial charge in [0.25, 0.3) is 10.0 Å². The van der Waals surface area contributed by atoms with Gasteiger partial charge < -0.3 is 10.1 Å². The number of nitrogens with zero attached hydrogens (tertiary/aromatic N) is 1. The van der Waals surface area contributed by atoms with Gasteiger partial charge in [0, 0.05) is 0 Å². The highest BCUT2D eigenvalue weighted by Crippen LogP contribution is 2.32. The average Bonchev–Trinajstić information content (AvgIpc) is 2.83. The Morgan fingerprint density at radius 2 is 1.50 bits per heavy atom. The molecule has 3 aromatic rings. The molecule has 3 rings (SSSR count). The van der Waals surface area contributed by atoms with Crippen LogP contribution >= 0.6 is 0 Å². The van der Waals surface area contributed by atoms with Crippen molar-refractivity contribution in [3.63, 3.8) is 0 Å². The van der Waals surface area contributed by atoms with E-state index in [0.29, 0.717) is 24.0 Å². The lowest BCUT2D eigenvalue weighted by molar-refractivity contribution is -0.120. The van der Waals surface area contributed by atoms with Crippen LogP contribution in [-0.2, 0) is 14.8 Å². The van der Waals surface area contributed by atoms with Crippen LogP contribution in [0.25, 0.3) is 0 Å². The molecule has 0 aliphatic carbocycles. The van der Waals surface area contributed by atoms with E-state index in [0.717, 1.165) is 16.3 Å². The number of hydrogen-bond acceptors (Lipinski definition) is 4. The van der Waals surface area contributed by atoms with Crippen LogP contribution in [0.4, 0.5) is 5.69 Å². The SMILES string of the molecule is CCOc1ccccc1N(CC(=O)N[C@H](CC(C)C)c1ccccc1)S(=O)(=O)c1ccccc1. The van der Waals surface area contributed by atoms with Crippen molar-refractivity contribution in [1.82, 2.24) is 5.32 Å². The predicted molar refractivity (Wildman–Crippen MR) is 135 cm³/mol. The number of benzene rings is 3. The van der Waals surface area contributed by atoms with E-state index in [1.54, 1.807) is 42.5 Å². The van der Waals surface area contributed by atoms with E-state index in [1.807, 2.05) is 37.3 Å². The molecule has 7 heteroatoms. The number of rotatable bonds is 11. The summed E-state index contributed by atoms with van der Waals surface area (Å²) in [6.07, 6.45) is 0.733. The van der Waals surface area contributed by atoms with Gasteiger partial charge in [-0.05, 0) is 49.1 Å². The molecular formula is C27H32N2O4S. The van der Waals surface area contributed by atoms with Crippen molar-refractivity contribution in [2.75, 3.05) is 17.5 Å². The molecule has 0 heterocycles. The molecule has 0 unspecified atom stereocenters. The first kappa shape index (κ1) is 25.3. The Morgan fingerprint density at radius 1 is 0.912 bits per heavy atom. The normalized spacial score (nSPS) is 12.2. The first-order chi connectivity index (χ1) is 16.3. The van der Waals surface area contributed by atoms with E-state index < -0.39 is 10.0 Å². The molecule has 0 fully saturated rings. The lowest BCUT2D eigenvalue weighted by atomic mass is 9.97. The fraction of sp³-hybridized carbons (Fsp3) is 0.296. The lowest BCUT2D eigenvalue weighted by Crippen LogP contribution is -2.42. The van der Waals surface area contributed by atoms with E-state index in [1.165, 1.54) is 12.1 Å². The third-order valence-corrected chi connectivity index (χ3v) is 7.07. The predicted octanol–water partition coefficient (Wildman–Crippen LogP) is 5.18. The molecule has 1 N–H and O–H groups in total. The average molecular weight is 481 g/mol. The second kappa shape index (κ2) is 11.7. The number of nitrogens with one attached hydrogen (secondary N) is 1. The summed E-state index contributed by atoms with van der Waals surface area (Å²) in [5, 5.41) is 3.05. The van der Waals surface area contributed by atoms with Crippen molar-refractivity contribution < 1.29 is 17.9 Å². The lowest BCUT2D eigenvalue weighted by Gasteiger charge is -2.27. The minimum atomic E-state index is -4.02. The summed E-state index contributed by atoms with van der Waals surface area (Å²) >= 11 is 0. The molecule has 180 valence electrons. The number of hydrogen-bond donors (Lipinski definition) is 1. The number of ether oxygens (including phenoxy) is 1. The van der Waals surface area contributed by atoms with Crippen LogP contribution in [-0.4, -0.2) is 27.5 Å². The Balaban J connectivity index is 1.96. The Labute approximate surface area is 202 Å². The molecule has 0 aliphatic heterocycles. The van der Waals surface area contributed by atoms with E-state index in [4.69, 9.17) is 4.74 Å². The van der Waals surface area contributed by atoms with Crippen molar-refractivity contribution in [2.24, 2.45) is 5.92 Å². The molecule has 34 heavy (non-hydrogen) atoms. The number of carbonyl (C=O) groups is 1. The van der Waals surface area contributed by atoms with E-state index in [2.05, 4.69) is 19.2 Å². The van der Waals surface area contributed by atoms with Gasteiger partial charge in [-0.2, -0.15) is 0 Å². The highest BCUT2D eigenvalue weighted by molar-refractivity contribution is 7.92. The van der Waals surface area contributed by atoms with Gasteiger partial charge >= 0.3 is 0 Å². The quantitative estimate of drug-likeness (QED) is 0.410. The number of anilines is 1. The van der Waals surface area contributed by atoms with Gasteiger partial charge in [0.05, 0.1) is 23.2 Å². The Bertz CT molecular complexity index is 1170. The van der Waals surface area contributed by atoms with Crippen LogP contribution in [0.5, 0.6) is 5.75 Å². The minimum Gasteiger partial charge on any atom is -0.492 e. The van der Waals surface area contributed by atoms with Crippen molar-refractivity contribution >= 4 is 21.6 Å². The third kappa shape index (κ3) is 6.38. The molecule has 0 saturated heterocycles. The van der Waals surface area contributed by atoms with Crippen molar-refractivity contribution in [3.8, 4) is 5.75 Å². The van der Waals surface area contributed by atoms with Gasteiger partial charge in [-0.1, -0.05) is 74.5 Å². The van der Waals surface area contributed by atoms with Crippen LogP contribution in [0.15, 0.2) is 89.8 Å². The molecule has 0 radical (unpaired) electrons. The van der Waals surface area contributed by atoms with Crippen LogP contribution in [0, 0.1) is 5.92 Å². The topological polar surface area (TPSA) is 75.7 Å². The summed E-state index contributed by atoms with van der Waals surface area (Å²) < 4.78 is 34.1. The maximum absolute atomic E-state index is 13.6. The first-order valence-corrected chi connectivity index (χ1v) is 12.9. The van der Waals surface area contributed by atoms with Gasteiger partial charge in [-0.3, -0.25) is 9.10 Å². The van der Waals surface area contributed by atoms with Crippen LogP contribution < -0.4 is 14.4 Å². The number of amides is 1. The van der Waals surface area contributed by atoms with Crippen molar-refractivity contribution in [2.45, 2.75) is 38.1 Å². The fourth-order valence-electron chi connectivity index (χ4n) is 3.77. The number of para-hydroxylation sites is 2. The van der Waals surface area contributed by atoms with Crippen LogP contribution in [0.2, 0.25) is 0 Å². The molecule has 0 aliphatic rings. The van der Waals surface area contributed by atoms with Gasteiger partial charge in [-0.25, -0.2) is 8.42 Å². The van der Waals surface area contributed by atoms with E-state index in [9.17, 15) is 13.2 Å². The van der Waals surface area contributed by atoms with Crippen molar-refractivity contribution in [3.05, 3.63) is 90.5 Å². The van der Waals surface area contributed by atoms with Crippen molar-refractivity contribution in [1.29, 1.82) is 0 Å². The second-order valence-electron chi connectivity index (χ2n) is 8.39. The van der Waals surface area contributed by atoms with Gasteiger partial charge in [0.15, 0.2) is 0 Å². The summed E-state index contributed by atoms with van der Waals surface area (Å²) in [6, 6.07) is 24.5. The second-order valence-corrected chi connectivity index (χ2v) is 10.2. The standard InChI is InChI=1S/C27H32N2O4S/c1-4-33-26-18-12-11-17-25(26)29(34(31,32)23-15-9-6-10-16-23)20-27(30)28-24(19-21(2)3)22-13-7-5-8-14-22/h5-18,21,24H,4,19-20H2,1-3H3,(H,28,30)/t24-/m1/s1. The molecule has 6 nitrogen and oxygen atoms in total. The molecule has 0 aromatic heterocycles. The smallest absolute Gasteiger partial charge is 0.264 e.